The van der Waals surface area contributed by atoms with E-state index in [-0.39, 0.29) is 0 Å². The number of amidine groups is 1. The molecule has 0 aliphatic carbocycles. The molecule has 5 aromatic carbocycles. The molecule has 1 aliphatic rings. The summed E-state index contributed by atoms with van der Waals surface area (Å²) in [5, 5.41) is 2.53. The minimum absolute atomic E-state index is 0.394. The van der Waals surface area contributed by atoms with Gasteiger partial charge in [0.25, 0.3) is 0 Å². The molecule has 0 spiro atoms. The summed E-state index contributed by atoms with van der Waals surface area (Å²) in [7, 11) is 0. The lowest BCUT2D eigenvalue weighted by Crippen LogP contribution is -2.30. The van der Waals surface area contributed by atoms with Crippen LogP contribution >= 0.6 is 0 Å². The summed E-state index contributed by atoms with van der Waals surface area (Å²) in [6, 6.07) is 46.9. The van der Waals surface area contributed by atoms with Gasteiger partial charge >= 0.3 is 0 Å². The van der Waals surface area contributed by atoms with Crippen LogP contribution in [-0.2, 0) is 5.54 Å². The highest BCUT2D eigenvalue weighted by atomic mass is 15.0. The number of fused-ring (bicyclic) bond motifs is 3. The number of rotatable bonds is 4. The summed E-state index contributed by atoms with van der Waals surface area (Å²) in [6.45, 7) is 2.21. The molecule has 0 radical (unpaired) electrons. The lowest BCUT2D eigenvalue weighted by Gasteiger charge is -2.31. The molecular formula is C35H27N3. The van der Waals surface area contributed by atoms with E-state index in [0.717, 1.165) is 34.8 Å². The third-order valence-electron chi connectivity index (χ3n) is 7.57. The molecule has 1 unspecified atom stereocenters. The monoisotopic (exact) mass is 489 g/mol. The van der Waals surface area contributed by atoms with Gasteiger partial charge in [-0.15, -0.1) is 0 Å². The van der Waals surface area contributed by atoms with Crippen LogP contribution < -0.4 is 0 Å². The fourth-order valence-corrected chi connectivity index (χ4v) is 5.64. The van der Waals surface area contributed by atoms with E-state index in [9.17, 15) is 0 Å². The standard InChI is InChI=1S/C35H27N3/c1-35(27-14-6-3-7-15-27)24-31(25-12-4-2-5-13-25)36-34(37-35)26-20-22-28(23-21-26)38-32-18-10-8-16-29(32)30-17-9-11-19-33(30)38/h2-23H,24H2,1H3. The Bertz CT molecular complexity index is 1770. The number of hydrogen-bond acceptors (Lipinski definition) is 2. The third kappa shape index (κ3) is 3.75. The first-order chi connectivity index (χ1) is 18.7. The van der Waals surface area contributed by atoms with Crippen LogP contribution in [0.2, 0.25) is 0 Å². The maximum Gasteiger partial charge on any atom is 0.155 e. The summed E-state index contributed by atoms with van der Waals surface area (Å²) >= 11 is 0. The Morgan fingerprint density at radius 3 is 1.76 bits per heavy atom. The first-order valence-electron chi connectivity index (χ1n) is 13.1. The predicted molar refractivity (Wildman–Crippen MR) is 159 cm³/mol. The number of para-hydroxylation sites is 2. The molecule has 0 fully saturated rings. The summed E-state index contributed by atoms with van der Waals surface area (Å²) < 4.78 is 2.34. The van der Waals surface area contributed by atoms with Crippen molar-refractivity contribution < 1.29 is 0 Å². The zero-order valence-corrected chi connectivity index (χ0v) is 21.3. The Kier molecular flexibility index (Phi) is 5.29. The molecule has 3 nitrogen and oxygen atoms in total. The zero-order valence-electron chi connectivity index (χ0n) is 21.3. The van der Waals surface area contributed by atoms with Gasteiger partial charge in [-0.3, -0.25) is 4.99 Å². The molecular weight excluding hydrogens is 462 g/mol. The molecule has 7 rings (SSSR count). The van der Waals surface area contributed by atoms with Crippen LogP contribution in [-0.4, -0.2) is 16.1 Å². The van der Waals surface area contributed by atoms with Gasteiger partial charge in [-0.2, -0.15) is 0 Å². The highest BCUT2D eigenvalue weighted by Crippen LogP contribution is 2.36. The Morgan fingerprint density at radius 1 is 0.579 bits per heavy atom. The Balaban J connectivity index is 1.35. The maximum atomic E-state index is 5.24. The normalized spacial score (nSPS) is 17.4. The first-order valence-corrected chi connectivity index (χ1v) is 13.1. The SMILES string of the molecule is CC1(c2ccccc2)CC(c2ccccc2)=NC(c2ccc(-n3c4ccccc4c4ccccc43)cc2)=N1. The third-order valence-corrected chi connectivity index (χ3v) is 7.57. The average Bonchev–Trinajstić information content (AvgIpc) is 3.32. The fraction of sp³-hybridized carbons (Fsp3) is 0.0857. The van der Waals surface area contributed by atoms with Gasteiger partial charge < -0.3 is 4.57 Å². The van der Waals surface area contributed by atoms with Gasteiger partial charge in [-0.05, 0) is 54.4 Å². The van der Waals surface area contributed by atoms with E-state index in [2.05, 4.69) is 139 Å². The van der Waals surface area contributed by atoms with Gasteiger partial charge in [0.2, 0.25) is 0 Å². The number of aromatic nitrogens is 1. The quantitative estimate of drug-likeness (QED) is 0.238. The molecule has 38 heavy (non-hydrogen) atoms. The van der Waals surface area contributed by atoms with Gasteiger partial charge in [0.1, 0.15) is 0 Å². The molecule has 0 saturated carbocycles. The van der Waals surface area contributed by atoms with E-state index in [0.29, 0.717) is 0 Å². The Hall–Kier alpha value is -4.76. The summed E-state index contributed by atoms with van der Waals surface area (Å²) in [6.07, 6.45) is 0.754. The topological polar surface area (TPSA) is 29.6 Å². The van der Waals surface area contributed by atoms with Crippen molar-refractivity contribution in [1.29, 1.82) is 0 Å². The van der Waals surface area contributed by atoms with Crippen molar-refractivity contribution in [2.45, 2.75) is 18.9 Å². The molecule has 182 valence electrons. The molecule has 0 amide bonds. The van der Waals surface area contributed by atoms with Crippen LogP contribution in [0.5, 0.6) is 0 Å². The molecule has 2 heterocycles. The van der Waals surface area contributed by atoms with Crippen molar-refractivity contribution >= 4 is 33.4 Å². The second-order valence-corrected chi connectivity index (χ2v) is 10.1. The number of nitrogens with zero attached hydrogens (tertiary/aromatic N) is 3. The molecule has 0 N–H and O–H groups in total. The highest BCUT2D eigenvalue weighted by molar-refractivity contribution is 6.14. The summed E-state index contributed by atoms with van der Waals surface area (Å²) in [5.41, 5.74) is 7.57. The molecule has 0 saturated heterocycles. The molecule has 1 aliphatic heterocycles. The molecule has 1 atom stereocenters. The number of aliphatic imine (C=N–C) groups is 2. The lowest BCUT2D eigenvalue weighted by atomic mass is 9.84. The van der Waals surface area contributed by atoms with Crippen molar-refractivity contribution in [1.82, 2.24) is 4.57 Å². The Labute approximate surface area is 222 Å². The molecule has 1 aromatic heterocycles. The minimum Gasteiger partial charge on any atom is -0.309 e. The van der Waals surface area contributed by atoms with E-state index in [1.165, 1.54) is 27.4 Å². The highest BCUT2D eigenvalue weighted by Gasteiger charge is 2.32. The average molecular weight is 490 g/mol. The van der Waals surface area contributed by atoms with Crippen LogP contribution in [0.25, 0.3) is 27.5 Å². The van der Waals surface area contributed by atoms with E-state index in [1.807, 2.05) is 6.07 Å². The van der Waals surface area contributed by atoms with E-state index in [1.54, 1.807) is 0 Å². The number of hydrogen-bond donors (Lipinski definition) is 0. The van der Waals surface area contributed by atoms with E-state index < -0.39 is 5.54 Å². The van der Waals surface area contributed by atoms with Crippen molar-refractivity contribution in [3.63, 3.8) is 0 Å². The van der Waals surface area contributed by atoms with Crippen molar-refractivity contribution in [2.75, 3.05) is 0 Å². The summed E-state index contributed by atoms with van der Waals surface area (Å²) in [4.78, 5) is 10.3. The second-order valence-electron chi connectivity index (χ2n) is 10.1. The van der Waals surface area contributed by atoms with Crippen LogP contribution in [0.1, 0.15) is 30.0 Å². The second kappa shape index (κ2) is 8.97. The lowest BCUT2D eigenvalue weighted by molar-refractivity contribution is 0.515. The van der Waals surface area contributed by atoms with Gasteiger partial charge in [-0.1, -0.05) is 97.1 Å². The van der Waals surface area contributed by atoms with Gasteiger partial charge in [-0.25, -0.2) is 4.99 Å². The largest absolute Gasteiger partial charge is 0.309 e. The van der Waals surface area contributed by atoms with Crippen molar-refractivity contribution in [3.05, 3.63) is 150 Å². The molecule has 0 bridgehead atoms. The van der Waals surface area contributed by atoms with Crippen molar-refractivity contribution in [3.8, 4) is 5.69 Å². The van der Waals surface area contributed by atoms with Crippen LogP contribution in [0.3, 0.4) is 0 Å². The molecule has 6 aromatic rings. The van der Waals surface area contributed by atoms with E-state index in [4.69, 9.17) is 9.98 Å². The first kappa shape index (κ1) is 22.4. The minimum atomic E-state index is -0.394. The predicted octanol–water partition coefficient (Wildman–Crippen LogP) is 8.34. The van der Waals surface area contributed by atoms with Gasteiger partial charge in [0.15, 0.2) is 5.84 Å². The Morgan fingerprint density at radius 2 is 1.13 bits per heavy atom. The summed E-state index contributed by atoms with van der Waals surface area (Å²) in [5.74, 6) is 0.773. The smallest absolute Gasteiger partial charge is 0.155 e. The number of benzene rings is 5. The van der Waals surface area contributed by atoms with E-state index >= 15 is 0 Å². The van der Waals surface area contributed by atoms with Gasteiger partial charge in [0.05, 0.1) is 22.3 Å². The van der Waals surface area contributed by atoms with Crippen LogP contribution in [0, 0.1) is 0 Å². The molecule has 3 heteroatoms. The fourth-order valence-electron chi connectivity index (χ4n) is 5.64. The maximum absolute atomic E-state index is 5.24. The van der Waals surface area contributed by atoms with Crippen LogP contribution in [0.15, 0.2) is 143 Å². The zero-order chi connectivity index (χ0) is 25.5. The van der Waals surface area contributed by atoms with Crippen molar-refractivity contribution in [2.24, 2.45) is 9.98 Å². The van der Waals surface area contributed by atoms with Crippen LogP contribution in [0.4, 0.5) is 0 Å². The van der Waals surface area contributed by atoms with Gasteiger partial charge in [0, 0.05) is 28.4 Å².